The number of benzene rings is 1. The average Bonchev–Trinajstić information content (AvgIpc) is 3.20. The highest BCUT2D eigenvalue weighted by Gasteiger charge is 2.24. The zero-order valence-corrected chi connectivity index (χ0v) is 18.5. The van der Waals surface area contributed by atoms with E-state index in [9.17, 15) is 4.79 Å². The van der Waals surface area contributed by atoms with Gasteiger partial charge in [0.1, 0.15) is 0 Å². The number of rotatable bonds is 9. The lowest BCUT2D eigenvalue weighted by Gasteiger charge is -2.32. The third-order valence-electron chi connectivity index (χ3n) is 6.49. The number of carbonyl (C=O) groups is 1. The SMILES string of the molecule is CCN1CCC[C@H]1CNC(=O)CCC1CCN(Cc2ccc(SC)cc2)CC1. The molecule has 28 heavy (non-hydrogen) atoms. The van der Waals surface area contributed by atoms with Gasteiger partial charge in [-0.1, -0.05) is 19.1 Å². The number of nitrogens with one attached hydrogen (secondary N) is 1. The molecule has 0 aliphatic carbocycles. The molecule has 3 rings (SSSR count). The Bertz CT molecular complexity index is 598. The number of nitrogens with zero attached hydrogens (tertiary/aromatic N) is 2. The molecule has 1 aromatic carbocycles. The van der Waals surface area contributed by atoms with E-state index in [4.69, 9.17) is 0 Å². The van der Waals surface area contributed by atoms with Gasteiger partial charge in [-0.25, -0.2) is 0 Å². The number of amides is 1. The molecule has 2 aliphatic heterocycles. The molecule has 5 heteroatoms. The smallest absolute Gasteiger partial charge is 0.220 e. The van der Waals surface area contributed by atoms with Crippen molar-refractivity contribution in [2.75, 3.05) is 39.0 Å². The van der Waals surface area contributed by atoms with Crippen LogP contribution in [-0.2, 0) is 11.3 Å². The minimum atomic E-state index is 0.249. The Labute approximate surface area is 175 Å². The average molecular weight is 404 g/mol. The first-order chi connectivity index (χ1) is 13.7. The Morgan fingerprint density at radius 1 is 1.14 bits per heavy atom. The van der Waals surface area contributed by atoms with Gasteiger partial charge in [0.2, 0.25) is 5.91 Å². The first-order valence-corrected chi connectivity index (χ1v) is 12.3. The highest BCUT2D eigenvalue weighted by atomic mass is 32.2. The number of hydrogen-bond acceptors (Lipinski definition) is 4. The summed E-state index contributed by atoms with van der Waals surface area (Å²) in [6.45, 7) is 8.70. The molecule has 1 N–H and O–H groups in total. The molecule has 4 nitrogen and oxygen atoms in total. The van der Waals surface area contributed by atoms with Crippen LogP contribution >= 0.6 is 11.8 Å². The van der Waals surface area contributed by atoms with E-state index < -0.39 is 0 Å². The minimum absolute atomic E-state index is 0.249. The Morgan fingerprint density at radius 2 is 1.89 bits per heavy atom. The van der Waals surface area contributed by atoms with Crippen LogP contribution in [0.4, 0.5) is 0 Å². The number of carbonyl (C=O) groups excluding carboxylic acids is 1. The predicted octanol–water partition coefficient (Wildman–Crippen LogP) is 4.00. The molecule has 1 amide bonds. The van der Waals surface area contributed by atoms with E-state index in [0.717, 1.165) is 39.1 Å². The standard InChI is InChI=1S/C23H37N3OS/c1-3-26-14-4-5-21(26)17-24-23(27)11-8-19-12-15-25(16-13-19)18-20-6-9-22(28-2)10-7-20/h6-7,9-10,19,21H,3-5,8,11-18H2,1-2H3,(H,24,27)/t21-/m0/s1. The van der Waals surface area contributed by atoms with Crippen LogP contribution in [0.25, 0.3) is 0 Å². The van der Waals surface area contributed by atoms with Crippen molar-refractivity contribution in [3.63, 3.8) is 0 Å². The number of likely N-dealkylation sites (N-methyl/N-ethyl adjacent to an activating group) is 1. The van der Waals surface area contributed by atoms with Crippen molar-refractivity contribution >= 4 is 17.7 Å². The van der Waals surface area contributed by atoms with Crippen LogP contribution in [0, 0.1) is 5.92 Å². The molecule has 0 spiro atoms. The van der Waals surface area contributed by atoms with Crippen molar-refractivity contribution in [2.45, 2.75) is 62.9 Å². The number of likely N-dealkylation sites (tertiary alicyclic amines) is 2. The normalized spacial score (nSPS) is 21.9. The molecule has 1 aromatic rings. The monoisotopic (exact) mass is 403 g/mol. The molecule has 2 heterocycles. The van der Waals surface area contributed by atoms with Crippen LogP contribution in [0.15, 0.2) is 29.2 Å². The third kappa shape index (κ3) is 6.50. The van der Waals surface area contributed by atoms with E-state index in [-0.39, 0.29) is 5.91 Å². The molecule has 0 saturated carbocycles. The van der Waals surface area contributed by atoms with Crippen LogP contribution in [0.1, 0.15) is 51.0 Å². The van der Waals surface area contributed by atoms with E-state index in [1.165, 1.54) is 42.7 Å². The Morgan fingerprint density at radius 3 is 2.57 bits per heavy atom. The Hall–Kier alpha value is -1.04. The summed E-state index contributed by atoms with van der Waals surface area (Å²) in [7, 11) is 0. The van der Waals surface area contributed by atoms with Crippen LogP contribution in [0.2, 0.25) is 0 Å². The van der Waals surface area contributed by atoms with Crippen molar-refractivity contribution in [2.24, 2.45) is 5.92 Å². The summed E-state index contributed by atoms with van der Waals surface area (Å²) < 4.78 is 0. The fourth-order valence-corrected chi connectivity index (χ4v) is 5.03. The van der Waals surface area contributed by atoms with Gasteiger partial charge in [0.25, 0.3) is 0 Å². The van der Waals surface area contributed by atoms with E-state index >= 15 is 0 Å². The molecule has 156 valence electrons. The van der Waals surface area contributed by atoms with Gasteiger partial charge in [-0.05, 0) is 88.2 Å². The van der Waals surface area contributed by atoms with E-state index in [0.29, 0.717) is 18.4 Å². The Balaban J connectivity index is 1.30. The second kappa shape index (κ2) is 11.2. The fraction of sp³-hybridized carbons (Fsp3) is 0.696. The molecular formula is C23H37N3OS. The lowest BCUT2D eigenvalue weighted by Crippen LogP contribution is -2.40. The van der Waals surface area contributed by atoms with Gasteiger partial charge in [-0.2, -0.15) is 0 Å². The van der Waals surface area contributed by atoms with Crippen LogP contribution in [0.3, 0.4) is 0 Å². The first kappa shape index (κ1) is 21.7. The lowest BCUT2D eigenvalue weighted by atomic mass is 9.92. The van der Waals surface area contributed by atoms with E-state index in [1.54, 1.807) is 11.8 Å². The highest BCUT2D eigenvalue weighted by molar-refractivity contribution is 7.98. The Kier molecular flexibility index (Phi) is 8.68. The number of piperidine rings is 1. The second-order valence-corrected chi connectivity index (χ2v) is 9.21. The maximum Gasteiger partial charge on any atom is 0.220 e. The van der Waals surface area contributed by atoms with Gasteiger partial charge in [0.15, 0.2) is 0 Å². The summed E-state index contributed by atoms with van der Waals surface area (Å²) >= 11 is 1.79. The molecule has 0 aromatic heterocycles. The van der Waals surface area contributed by atoms with Gasteiger partial charge in [-0.3, -0.25) is 14.6 Å². The molecule has 0 unspecified atom stereocenters. The lowest BCUT2D eigenvalue weighted by molar-refractivity contribution is -0.121. The second-order valence-electron chi connectivity index (χ2n) is 8.33. The van der Waals surface area contributed by atoms with Crippen molar-refractivity contribution in [1.82, 2.24) is 15.1 Å². The van der Waals surface area contributed by atoms with Crippen molar-refractivity contribution in [1.29, 1.82) is 0 Å². The summed E-state index contributed by atoms with van der Waals surface area (Å²) in [6.07, 6.45) is 8.81. The molecule has 0 radical (unpaired) electrons. The number of hydrogen-bond donors (Lipinski definition) is 1. The largest absolute Gasteiger partial charge is 0.355 e. The summed E-state index contributed by atoms with van der Waals surface area (Å²) in [5, 5.41) is 3.19. The van der Waals surface area contributed by atoms with E-state index in [1.807, 2.05) is 0 Å². The predicted molar refractivity (Wildman–Crippen MR) is 119 cm³/mol. The van der Waals surface area contributed by atoms with Crippen LogP contribution < -0.4 is 5.32 Å². The molecule has 2 aliphatic rings. The molecule has 1 atom stereocenters. The summed E-state index contributed by atoms with van der Waals surface area (Å²) in [6, 6.07) is 9.51. The maximum atomic E-state index is 12.3. The van der Waals surface area contributed by atoms with Gasteiger partial charge < -0.3 is 5.32 Å². The van der Waals surface area contributed by atoms with Crippen molar-refractivity contribution in [3.05, 3.63) is 29.8 Å². The molecule has 0 bridgehead atoms. The third-order valence-corrected chi connectivity index (χ3v) is 7.24. The maximum absolute atomic E-state index is 12.3. The van der Waals surface area contributed by atoms with Crippen LogP contribution in [-0.4, -0.2) is 60.7 Å². The summed E-state index contributed by atoms with van der Waals surface area (Å²) in [5.74, 6) is 0.957. The van der Waals surface area contributed by atoms with Gasteiger partial charge in [-0.15, -0.1) is 11.8 Å². The van der Waals surface area contributed by atoms with Gasteiger partial charge in [0, 0.05) is 30.4 Å². The summed E-state index contributed by atoms with van der Waals surface area (Å²) in [4.78, 5) is 18.6. The van der Waals surface area contributed by atoms with Crippen molar-refractivity contribution < 1.29 is 4.79 Å². The van der Waals surface area contributed by atoms with Gasteiger partial charge in [0.05, 0.1) is 0 Å². The zero-order valence-electron chi connectivity index (χ0n) is 17.7. The van der Waals surface area contributed by atoms with E-state index in [2.05, 4.69) is 52.6 Å². The topological polar surface area (TPSA) is 35.6 Å². The quantitative estimate of drug-likeness (QED) is 0.632. The first-order valence-electron chi connectivity index (χ1n) is 11.0. The highest BCUT2D eigenvalue weighted by Crippen LogP contribution is 2.24. The number of thioether (sulfide) groups is 1. The summed E-state index contributed by atoms with van der Waals surface area (Å²) in [5.41, 5.74) is 1.41. The van der Waals surface area contributed by atoms with Gasteiger partial charge >= 0.3 is 0 Å². The zero-order chi connectivity index (χ0) is 19.8. The minimum Gasteiger partial charge on any atom is -0.355 e. The molecular weight excluding hydrogens is 366 g/mol. The van der Waals surface area contributed by atoms with Crippen molar-refractivity contribution in [3.8, 4) is 0 Å². The van der Waals surface area contributed by atoms with Crippen LogP contribution in [0.5, 0.6) is 0 Å². The molecule has 2 fully saturated rings. The fourth-order valence-electron chi connectivity index (χ4n) is 4.62. The molecule has 2 saturated heterocycles.